The van der Waals surface area contributed by atoms with E-state index in [9.17, 15) is 9.59 Å². The lowest BCUT2D eigenvalue weighted by Gasteiger charge is -2.32. The molecule has 7 nitrogen and oxygen atoms in total. The second kappa shape index (κ2) is 6.91. The lowest BCUT2D eigenvalue weighted by atomic mass is 10.1. The lowest BCUT2D eigenvalue weighted by Crippen LogP contribution is -2.44. The standard InChI is InChI=1S/C15H14BrN3O4/c16-11-6-17-15(18-7-11)23-12-2-1-5-19(8-12)14(21)10-3-4-13(20)22-9-10/h3-4,6-7,9,12H,1-2,5,8H2. The molecular weight excluding hydrogens is 366 g/mol. The van der Waals surface area contributed by atoms with Crippen molar-refractivity contribution in [1.82, 2.24) is 14.9 Å². The van der Waals surface area contributed by atoms with Crippen molar-refractivity contribution in [3.05, 3.63) is 51.2 Å². The van der Waals surface area contributed by atoms with E-state index in [-0.39, 0.29) is 12.0 Å². The zero-order chi connectivity index (χ0) is 16.2. The Morgan fingerprint density at radius 3 is 2.83 bits per heavy atom. The van der Waals surface area contributed by atoms with Crippen molar-refractivity contribution in [3.8, 4) is 6.01 Å². The third-order valence-electron chi connectivity index (χ3n) is 3.48. The van der Waals surface area contributed by atoms with Crippen LogP contribution in [-0.4, -0.2) is 40.0 Å². The van der Waals surface area contributed by atoms with Gasteiger partial charge < -0.3 is 14.1 Å². The van der Waals surface area contributed by atoms with E-state index in [2.05, 4.69) is 25.9 Å². The number of rotatable bonds is 3. The summed E-state index contributed by atoms with van der Waals surface area (Å²) in [6, 6.07) is 3.00. The Labute approximate surface area is 140 Å². The normalized spacial score (nSPS) is 17.8. The van der Waals surface area contributed by atoms with Gasteiger partial charge in [0.2, 0.25) is 0 Å². The molecule has 8 heteroatoms. The Morgan fingerprint density at radius 2 is 2.13 bits per heavy atom. The van der Waals surface area contributed by atoms with Crippen LogP contribution in [0.4, 0.5) is 0 Å². The van der Waals surface area contributed by atoms with Crippen molar-refractivity contribution in [2.75, 3.05) is 13.1 Å². The van der Waals surface area contributed by atoms with Gasteiger partial charge in [0.15, 0.2) is 0 Å². The maximum atomic E-state index is 12.4. The lowest BCUT2D eigenvalue weighted by molar-refractivity contribution is 0.0513. The number of hydrogen-bond acceptors (Lipinski definition) is 6. The molecule has 3 rings (SSSR count). The van der Waals surface area contributed by atoms with E-state index in [0.717, 1.165) is 17.3 Å². The highest BCUT2D eigenvalue weighted by atomic mass is 79.9. The van der Waals surface area contributed by atoms with Crippen LogP contribution in [0.1, 0.15) is 23.2 Å². The highest BCUT2D eigenvalue weighted by Gasteiger charge is 2.26. The maximum Gasteiger partial charge on any atom is 0.335 e. The second-order valence-electron chi connectivity index (χ2n) is 5.16. The summed E-state index contributed by atoms with van der Waals surface area (Å²) in [5, 5.41) is 0. The predicted molar refractivity (Wildman–Crippen MR) is 84.3 cm³/mol. The molecule has 1 fully saturated rings. The van der Waals surface area contributed by atoms with Crippen molar-refractivity contribution >= 4 is 21.8 Å². The number of halogens is 1. The fourth-order valence-corrected chi connectivity index (χ4v) is 2.60. The molecular formula is C15H14BrN3O4. The molecule has 2 aromatic rings. The van der Waals surface area contributed by atoms with Gasteiger partial charge in [-0.2, -0.15) is 0 Å². The van der Waals surface area contributed by atoms with E-state index < -0.39 is 5.63 Å². The molecule has 1 aliphatic heterocycles. The summed E-state index contributed by atoms with van der Waals surface area (Å²) in [6.07, 6.45) is 5.90. The molecule has 0 saturated carbocycles. The quantitative estimate of drug-likeness (QED) is 0.808. The van der Waals surface area contributed by atoms with Gasteiger partial charge in [-0.3, -0.25) is 4.79 Å². The van der Waals surface area contributed by atoms with Gasteiger partial charge in [-0.1, -0.05) is 0 Å². The van der Waals surface area contributed by atoms with Gasteiger partial charge in [-0.25, -0.2) is 14.8 Å². The summed E-state index contributed by atoms with van der Waals surface area (Å²) in [5.74, 6) is -0.182. The van der Waals surface area contributed by atoms with Crippen molar-refractivity contribution in [2.45, 2.75) is 18.9 Å². The zero-order valence-corrected chi connectivity index (χ0v) is 13.7. The first-order valence-electron chi connectivity index (χ1n) is 7.14. The van der Waals surface area contributed by atoms with Gasteiger partial charge >= 0.3 is 11.6 Å². The van der Waals surface area contributed by atoms with E-state index in [0.29, 0.717) is 24.7 Å². The second-order valence-corrected chi connectivity index (χ2v) is 6.08. The summed E-state index contributed by atoms with van der Waals surface area (Å²) in [6.45, 7) is 1.08. The minimum absolute atomic E-state index is 0.162. The van der Waals surface area contributed by atoms with Crippen LogP contribution in [0.2, 0.25) is 0 Å². The molecule has 0 bridgehead atoms. The first-order chi connectivity index (χ1) is 11.1. The van der Waals surface area contributed by atoms with Crippen molar-refractivity contribution in [2.24, 2.45) is 0 Å². The van der Waals surface area contributed by atoms with Gasteiger partial charge in [0.25, 0.3) is 5.91 Å². The molecule has 23 heavy (non-hydrogen) atoms. The summed E-state index contributed by atoms with van der Waals surface area (Å²) in [4.78, 5) is 33.2. The fourth-order valence-electron chi connectivity index (χ4n) is 2.39. The number of carbonyl (C=O) groups is 1. The Kier molecular flexibility index (Phi) is 4.71. The molecule has 0 N–H and O–H groups in total. The van der Waals surface area contributed by atoms with Gasteiger partial charge in [-0.05, 0) is 34.8 Å². The number of piperidine rings is 1. The van der Waals surface area contributed by atoms with E-state index in [1.807, 2.05) is 0 Å². The number of likely N-dealkylation sites (tertiary alicyclic amines) is 1. The Morgan fingerprint density at radius 1 is 1.35 bits per heavy atom. The van der Waals surface area contributed by atoms with Gasteiger partial charge in [0.1, 0.15) is 12.4 Å². The van der Waals surface area contributed by atoms with Crippen LogP contribution in [0.15, 0.2) is 44.5 Å². The molecule has 0 aromatic carbocycles. The van der Waals surface area contributed by atoms with E-state index in [4.69, 9.17) is 9.15 Å². The van der Waals surface area contributed by atoms with E-state index in [1.165, 1.54) is 18.4 Å². The van der Waals surface area contributed by atoms with Crippen molar-refractivity contribution in [1.29, 1.82) is 0 Å². The Hall–Kier alpha value is -2.22. The molecule has 2 aromatic heterocycles. The molecule has 3 heterocycles. The van der Waals surface area contributed by atoms with Gasteiger partial charge in [-0.15, -0.1) is 0 Å². The van der Waals surface area contributed by atoms with Gasteiger partial charge in [0, 0.05) is 25.0 Å². The highest BCUT2D eigenvalue weighted by Crippen LogP contribution is 2.18. The van der Waals surface area contributed by atoms with Crippen LogP contribution in [0.3, 0.4) is 0 Å². The molecule has 120 valence electrons. The highest BCUT2D eigenvalue weighted by molar-refractivity contribution is 9.10. The summed E-state index contributed by atoms with van der Waals surface area (Å²) in [7, 11) is 0. The predicted octanol–water partition coefficient (Wildman–Crippen LogP) is 1.88. The van der Waals surface area contributed by atoms with E-state index >= 15 is 0 Å². The van der Waals surface area contributed by atoms with Crippen molar-refractivity contribution < 1.29 is 13.9 Å². The van der Waals surface area contributed by atoms with Gasteiger partial charge in [0.05, 0.1) is 16.6 Å². The minimum atomic E-state index is -0.478. The number of amides is 1. The molecule has 1 unspecified atom stereocenters. The number of aromatic nitrogens is 2. The number of hydrogen-bond donors (Lipinski definition) is 0. The largest absolute Gasteiger partial charge is 0.458 e. The molecule has 0 spiro atoms. The Bertz CT molecular complexity index is 727. The van der Waals surface area contributed by atoms with Crippen LogP contribution in [0.25, 0.3) is 0 Å². The maximum absolute atomic E-state index is 12.4. The van der Waals surface area contributed by atoms with Crippen molar-refractivity contribution in [3.63, 3.8) is 0 Å². The smallest absolute Gasteiger partial charge is 0.335 e. The average Bonchev–Trinajstić information content (AvgIpc) is 2.57. The third-order valence-corrected chi connectivity index (χ3v) is 3.89. The topological polar surface area (TPSA) is 85.5 Å². The summed E-state index contributed by atoms with van der Waals surface area (Å²) in [5.41, 5.74) is -0.126. The van der Waals surface area contributed by atoms with Crippen LogP contribution in [0, 0.1) is 0 Å². The third kappa shape index (κ3) is 3.95. The molecule has 0 aliphatic carbocycles. The van der Waals surface area contributed by atoms with Crippen LogP contribution in [-0.2, 0) is 0 Å². The van der Waals surface area contributed by atoms with E-state index in [1.54, 1.807) is 17.3 Å². The monoisotopic (exact) mass is 379 g/mol. The zero-order valence-electron chi connectivity index (χ0n) is 12.1. The molecule has 0 radical (unpaired) electrons. The molecule has 1 atom stereocenters. The molecule has 1 amide bonds. The van der Waals surface area contributed by atoms with Crippen LogP contribution < -0.4 is 10.4 Å². The van der Waals surface area contributed by atoms with Crippen LogP contribution in [0.5, 0.6) is 6.01 Å². The molecule has 1 saturated heterocycles. The average molecular weight is 380 g/mol. The molecule has 1 aliphatic rings. The summed E-state index contributed by atoms with van der Waals surface area (Å²) >= 11 is 3.27. The SMILES string of the molecule is O=C(c1ccc(=O)oc1)N1CCCC(Oc2ncc(Br)cn2)C1. The number of carbonyl (C=O) groups excluding carboxylic acids is 1. The first-order valence-corrected chi connectivity index (χ1v) is 7.93. The summed E-state index contributed by atoms with van der Waals surface area (Å²) < 4.78 is 11.3. The number of ether oxygens (including phenoxy) is 1. The number of nitrogens with zero attached hydrogens (tertiary/aromatic N) is 3. The first kappa shape index (κ1) is 15.7. The van der Waals surface area contributed by atoms with Crippen LogP contribution >= 0.6 is 15.9 Å². The fraction of sp³-hybridized carbons (Fsp3) is 0.333. The Balaban J connectivity index is 1.65. The minimum Gasteiger partial charge on any atom is -0.458 e.